The van der Waals surface area contributed by atoms with Gasteiger partial charge >= 0.3 is 6.18 Å². The van der Waals surface area contributed by atoms with Gasteiger partial charge in [0, 0.05) is 30.6 Å². The molecule has 0 aromatic carbocycles. The standard InChI is InChI=1S/C12H21F3N4OS/c1-11(2)8-19(4-5-21-11)10(16-3)17-6-9(20)18-7-12(13,14)15/h4-8H2,1-3H3,(H,16,17)(H,18,20). The Balaban J connectivity index is 2.43. The van der Waals surface area contributed by atoms with Crippen molar-refractivity contribution in [1.29, 1.82) is 0 Å². The van der Waals surface area contributed by atoms with Crippen molar-refractivity contribution in [1.82, 2.24) is 15.5 Å². The fourth-order valence-corrected chi connectivity index (χ4v) is 3.06. The molecular weight excluding hydrogens is 305 g/mol. The summed E-state index contributed by atoms with van der Waals surface area (Å²) in [6.07, 6.45) is -4.40. The van der Waals surface area contributed by atoms with Crippen molar-refractivity contribution < 1.29 is 18.0 Å². The number of guanidine groups is 1. The minimum Gasteiger partial charge on any atom is -0.347 e. The van der Waals surface area contributed by atoms with E-state index in [2.05, 4.69) is 24.2 Å². The van der Waals surface area contributed by atoms with E-state index < -0.39 is 18.6 Å². The number of amides is 1. The molecule has 1 heterocycles. The van der Waals surface area contributed by atoms with Crippen molar-refractivity contribution >= 4 is 23.6 Å². The molecule has 0 aliphatic carbocycles. The van der Waals surface area contributed by atoms with Crippen LogP contribution in [0.25, 0.3) is 0 Å². The minimum atomic E-state index is -4.40. The van der Waals surface area contributed by atoms with Gasteiger partial charge in [0.1, 0.15) is 6.54 Å². The van der Waals surface area contributed by atoms with Crippen molar-refractivity contribution in [2.45, 2.75) is 24.8 Å². The smallest absolute Gasteiger partial charge is 0.347 e. The number of nitrogens with one attached hydrogen (secondary N) is 2. The number of alkyl halides is 3. The van der Waals surface area contributed by atoms with E-state index in [1.54, 1.807) is 7.05 Å². The van der Waals surface area contributed by atoms with Crippen LogP contribution in [-0.2, 0) is 4.79 Å². The van der Waals surface area contributed by atoms with Crippen LogP contribution in [0.5, 0.6) is 0 Å². The third-order valence-electron chi connectivity index (χ3n) is 2.83. The average Bonchev–Trinajstić information content (AvgIpc) is 2.35. The van der Waals surface area contributed by atoms with Gasteiger partial charge in [0.2, 0.25) is 5.91 Å². The number of aliphatic imine (C=N–C) groups is 1. The number of halogens is 3. The lowest BCUT2D eigenvalue weighted by atomic mass is 10.2. The van der Waals surface area contributed by atoms with E-state index in [1.165, 1.54) is 0 Å². The highest BCUT2D eigenvalue weighted by atomic mass is 32.2. The first-order valence-electron chi connectivity index (χ1n) is 6.56. The number of hydrogen-bond donors (Lipinski definition) is 2. The largest absolute Gasteiger partial charge is 0.405 e. The first kappa shape index (κ1) is 17.9. The van der Waals surface area contributed by atoms with Gasteiger partial charge < -0.3 is 15.5 Å². The van der Waals surface area contributed by atoms with E-state index >= 15 is 0 Å². The number of hydrogen-bond acceptors (Lipinski definition) is 3. The maximum absolute atomic E-state index is 12.0. The van der Waals surface area contributed by atoms with Gasteiger partial charge in [-0.05, 0) is 13.8 Å². The molecule has 5 nitrogen and oxygen atoms in total. The highest BCUT2D eigenvalue weighted by Crippen LogP contribution is 2.29. The van der Waals surface area contributed by atoms with Gasteiger partial charge in [0.25, 0.3) is 0 Å². The fourth-order valence-electron chi connectivity index (χ4n) is 1.95. The zero-order valence-corrected chi connectivity index (χ0v) is 13.2. The van der Waals surface area contributed by atoms with Crippen molar-refractivity contribution in [3.63, 3.8) is 0 Å². The average molecular weight is 326 g/mol. The Hall–Kier alpha value is -1.12. The van der Waals surface area contributed by atoms with Crippen LogP contribution in [0.3, 0.4) is 0 Å². The van der Waals surface area contributed by atoms with Crippen LogP contribution in [0.2, 0.25) is 0 Å². The highest BCUT2D eigenvalue weighted by molar-refractivity contribution is 8.00. The Labute approximate surface area is 126 Å². The molecule has 1 fully saturated rings. The van der Waals surface area contributed by atoms with Gasteiger partial charge in [-0.15, -0.1) is 0 Å². The molecule has 1 aliphatic rings. The Kier molecular flexibility index (Phi) is 6.18. The molecule has 0 saturated carbocycles. The Morgan fingerprint density at radius 3 is 2.57 bits per heavy atom. The number of rotatable bonds is 3. The van der Waals surface area contributed by atoms with E-state index in [-0.39, 0.29) is 11.3 Å². The maximum atomic E-state index is 12.0. The summed E-state index contributed by atoms with van der Waals surface area (Å²) in [5.74, 6) is 0.762. The van der Waals surface area contributed by atoms with Crippen molar-refractivity contribution in [2.24, 2.45) is 4.99 Å². The van der Waals surface area contributed by atoms with Crippen LogP contribution >= 0.6 is 11.8 Å². The molecule has 0 atom stereocenters. The van der Waals surface area contributed by atoms with E-state index in [4.69, 9.17) is 0 Å². The zero-order chi connectivity index (χ0) is 16.1. The van der Waals surface area contributed by atoms with Gasteiger partial charge in [-0.3, -0.25) is 9.79 Å². The van der Waals surface area contributed by atoms with Crippen LogP contribution in [0, 0.1) is 0 Å². The fraction of sp³-hybridized carbons (Fsp3) is 0.833. The van der Waals surface area contributed by atoms with Gasteiger partial charge in [0.15, 0.2) is 5.96 Å². The first-order valence-corrected chi connectivity index (χ1v) is 7.54. The molecule has 1 saturated heterocycles. The van der Waals surface area contributed by atoms with Crippen molar-refractivity contribution in [2.75, 3.05) is 39.0 Å². The molecule has 1 amide bonds. The highest BCUT2D eigenvalue weighted by Gasteiger charge is 2.29. The summed E-state index contributed by atoms with van der Waals surface area (Å²) in [5.41, 5.74) is 0. The van der Waals surface area contributed by atoms with E-state index in [0.717, 1.165) is 18.8 Å². The Morgan fingerprint density at radius 1 is 1.38 bits per heavy atom. The topological polar surface area (TPSA) is 56.7 Å². The van der Waals surface area contributed by atoms with Crippen LogP contribution in [0.15, 0.2) is 4.99 Å². The molecular formula is C12H21F3N4OS. The molecule has 0 spiro atoms. The number of nitrogens with zero attached hydrogens (tertiary/aromatic N) is 2. The summed E-state index contributed by atoms with van der Waals surface area (Å²) in [6.45, 7) is 4.24. The first-order chi connectivity index (χ1) is 9.63. The second-order valence-electron chi connectivity index (χ2n) is 5.32. The molecule has 0 aromatic heterocycles. The summed E-state index contributed by atoms with van der Waals surface area (Å²) in [7, 11) is 1.59. The van der Waals surface area contributed by atoms with Gasteiger partial charge in [0.05, 0.1) is 6.54 Å². The second-order valence-corrected chi connectivity index (χ2v) is 7.12. The lowest BCUT2D eigenvalue weighted by molar-refractivity contribution is -0.137. The minimum absolute atomic E-state index is 0.0778. The molecule has 0 unspecified atom stereocenters. The number of thioether (sulfide) groups is 1. The van der Waals surface area contributed by atoms with Gasteiger partial charge in [-0.2, -0.15) is 24.9 Å². The lowest BCUT2D eigenvalue weighted by Crippen LogP contribution is -2.52. The summed E-state index contributed by atoms with van der Waals surface area (Å²) in [5, 5.41) is 4.62. The lowest BCUT2D eigenvalue weighted by Gasteiger charge is -2.39. The number of carbonyl (C=O) groups is 1. The predicted molar refractivity (Wildman–Crippen MR) is 78.5 cm³/mol. The molecule has 1 rings (SSSR count). The van der Waals surface area contributed by atoms with Crippen LogP contribution < -0.4 is 10.6 Å². The van der Waals surface area contributed by atoms with E-state index in [9.17, 15) is 18.0 Å². The molecule has 2 N–H and O–H groups in total. The van der Waals surface area contributed by atoms with Gasteiger partial charge in [-0.25, -0.2) is 0 Å². The SMILES string of the molecule is CN=C(NCC(=O)NCC(F)(F)F)N1CCSC(C)(C)C1. The van der Waals surface area contributed by atoms with Gasteiger partial charge in [-0.1, -0.05) is 0 Å². The predicted octanol–water partition coefficient (Wildman–Crippen LogP) is 1.07. The molecule has 0 aromatic rings. The number of carbonyl (C=O) groups excluding carboxylic acids is 1. The van der Waals surface area contributed by atoms with Crippen molar-refractivity contribution in [3.05, 3.63) is 0 Å². The van der Waals surface area contributed by atoms with Crippen LogP contribution in [-0.4, -0.2) is 66.7 Å². The second kappa shape index (κ2) is 7.24. The maximum Gasteiger partial charge on any atom is 0.405 e. The summed E-state index contributed by atoms with van der Waals surface area (Å²) in [6, 6.07) is 0. The van der Waals surface area contributed by atoms with Crippen molar-refractivity contribution in [3.8, 4) is 0 Å². The molecule has 0 bridgehead atoms. The molecule has 0 radical (unpaired) electrons. The van der Waals surface area contributed by atoms with Crippen LogP contribution in [0.4, 0.5) is 13.2 Å². The summed E-state index contributed by atoms with van der Waals surface area (Å²) >= 11 is 1.86. The normalized spacial score (nSPS) is 19.3. The molecule has 1 aliphatic heterocycles. The Bertz CT molecular complexity index is 398. The molecule has 9 heteroatoms. The Morgan fingerprint density at radius 2 is 2.05 bits per heavy atom. The third kappa shape index (κ3) is 6.92. The summed E-state index contributed by atoms with van der Waals surface area (Å²) in [4.78, 5) is 17.5. The summed E-state index contributed by atoms with van der Waals surface area (Å²) < 4.78 is 36.0. The molecule has 21 heavy (non-hydrogen) atoms. The quantitative estimate of drug-likeness (QED) is 0.602. The molecule has 122 valence electrons. The van der Waals surface area contributed by atoms with Crippen LogP contribution in [0.1, 0.15) is 13.8 Å². The third-order valence-corrected chi connectivity index (χ3v) is 4.13. The zero-order valence-electron chi connectivity index (χ0n) is 12.4. The monoisotopic (exact) mass is 326 g/mol. The van der Waals surface area contributed by atoms with E-state index in [0.29, 0.717) is 5.96 Å². The van der Waals surface area contributed by atoms with E-state index in [1.807, 2.05) is 22.0 Å².